The van der Waals surface area contributed by atoms with Crippen molar-refractivity contribution in [1.29, 1.82) is 0 Å². The summed E-state index contributed by atoms with van der Waals surface area (Å²) in [6, 6.07) is 16.2. The second-order valence-electron chi connectivity index (χ2n) is 6.35. The normalized spacial score (nSPS) is 11.2. The summed E-state index contributed by atoms with van der Waals surface area (Å²) in [5, 5.41) is 3.55. The number of aromatic nitrogens is 2. The van der Waals surface area contributed by atoms with Crippen molar-refractivity contribution in [1.82, 2.24) is 14.3 Å². The van der Waals surface area contributed by atoms with Crippen molar-refractivity contribution in [2.24, 2.45) is 0 Å². The molecule has 3 rings (SSSR count). The van der Waals surface area contributed by atoms with Gasteiger partial charge in [0.2, 0.25) is 10.0 Å². The monoisotopic (exact) mass is 442 g/mol. The first kappa shape index (κ1) is 21.8. The van der Waals surface area contributed by atoms with Crippen LogP contribution in [0.5, 0.6) is 0 Å². The fraction of sp³-hybridized carbons (Fsp3) is 0.143. The van der Waals surface area contributed by atoms with Crippen molar-refractivity contribution in [3.05, 3.63) is 84.7 Å². The summed E-state index contributed by atoms with van der Waals surface area (Å²) in [7, 11) is -3.43. The lowest BCUT2D eigenvalue weighted by Gasteiger charge is -2.11. The maximum Gasteiger partial charge on any atom is 0.274 e. The van der Waals surface area contributed by atoms with Gasteiger partial charge in [-0.15, -0.1) is 6.58 Å². The number of rotatable bonds is 9. The lowest BCUT2D eigenvalue weighted by molar-refractivity contribution is 0.102. The number of benzene rings is 2. The van der Waals surface area contributed by atoms with Crippen molar-refractivity contribution >= 4 is 33.4 Å². The standard InChI is InChI=1S/C21H22N4O3S2/c1-3-13-23-30(27,28)15-16-9-11-17(12-10-16)24-20(26)19-14-22-21(29-2)25(19)18-7-5-4-6-8-18/h3-12,14,23H,1,13,15H2,2H3,(H,24,26). The first-order valence-electron chi connectivity index (χ1n) is 9.09. The van der Waals surface area contributed by atoms with E-state index in [1.165, 1.54) is 17.8 Å². The maximum absolute atomic E-state index is 12.9. The Labute approximate surface area is 180 Å². The molecule has 1 amide bonds. The third-order valence-electron chi connectivity index (χ3n) is 4.18. The minimum Gasteiger partial charge on any atom is -0.321 e. The molecule has 0 saturated carbocycles. The number of amides is 1. The smallest absolute Gasteiger partial charge is 0.274 e. The molecular formula is C21H22N4O3S2. The van der Waals surface area contributed by atoms with Crippen LogP contribution in [0.25, 0.3) is 5.69 Å². The Hall–Kier alpha value is -2.88. The summed E-state index contributed by atoms with van der Waals surface area (Å²) < 4.78 is 28.2. The Kier molecular flexibility index (Phi) is 7.09. The molecule has 0 saturated heterocycles. The molecule has 0 radical (unpaired) electrons. The molecule has 7 nitrogen and oxygen atoms in total. The van der Waals surface area contributed by atoms with E-state index in [-0.39, 0.29) is 18.2 Å². The first-order chi connectivity index (χ1) is 14.4. The summed E-state index contributed by atoms with van der Waals surface area (Å²) in [6.07, 6.45) is 4.93. The van der Waals surface area contributed by atoms with Crippen LogP contribution in [0.2, 0.25) is 0 Å². The van der Waals surface area contributed by atoms with Crippen molar-refractivity contribution in [2.75, 3.05) is 18.1 Å². The maximum atomic E-state index is 12.9. The van der Waals surface area contributed by atoms with Crippen LogP contribution in [-0.4, -0.2) is 36.7 Å². The zero-order valence-corrected chi connectivity index (χ0v) is 18.0. The Balaban J connectivity index is 1.76. The van der Waals surface area contributed by atoms with Crippen molar-refractivity contribution in [3.8, 4) is 5.69 Å². The lowest BCUT2D eigenvalue weighted by Crippen LogP contribution is -2.25. The molecule has 1 heterocycles. The van der Waals surface area contributed by atoms with Crippen LogP contribution in [-0.2, 0) is 15.8 Å². The number of hydrogen-bond acceptors (Lipinski definition) is 5. The molecule has 9 heteroatoms. The number of para-hydroxylation sites is 1. The highest BCUT2D eigenvalue weighted by Crippen LogP contribution is 2.22. The Bertz CT molecular complexity index is 1120. The molecule has 2 N–H and O–H groups in total. The first-order valence-corrected chi connectivity index (χ1v) is 12.0. The molecule has 0 aliphatic carbocycles. The van der Waals surface area contributed by atoms with Gasteiger partial charge < -0.3 is 5.32 Å². The van der Waals surface area contributed by atoms with Gasteiger partial charge in [0.15, 0.2) is 5.16 Å². The fourth-order valence-electron chi connectivity index (χ4n) is 2.80. The highest BCUT2D eigenvalue weighted by Gasteiger charge is 2.18. The topological polar surface area (TPSA) is 93.1 Å². The molecule has 30 heavy (non-hydrogen) atoms. The quantitative estimate of drug-likeness (QED) is 0.391. The zero-order chi connectivity index (χ0) is 21.6. The van der Waals surface area contributed by atoms with Gasteiger partial charge in [0.25, 0.3) is 5.91 Å². The van der Waals surface area contributed by atoms with Gasteiger partial charge in [-0.2, -0.15) is 0 Å². The van der Waals surface area contributed by atoms with Gasteiger partial charge in [-0.1, -0.05) is 48.2 Å². The molecule has 0 fully saturated rings. The van der Waals surface area contributed by atoms with Crippen LogP contribution in [0.3, 0.4) is 0 Å². The molecule has 0 spiro atoms. The van der Waals surface area contributed by atoms with Crippen molar-refractivity contribution in [2.45, 2.75) is 10.9 Å². The average Bonchev–Trinajstić information content (AvgIpc) is 3.18. The predicted octanol–water partition coefficient (Wildman–Crippen LogP) is 3.45. The highest BCUT2D eigenvalue weighted by molar-refractivity contribution is 7.98. The third kappa shape index (κ3) is 5.38. The van der Waals surface area contributed by atoms with E-state index in [0.717, 1.165) is 5.69 Å². The molecule has 156 valence electrons. The molecule has 0 aliphatic heterocycles. The van der Waals surface area contributed by atoms with E-state index in [4.69, 9.17) is 0 Å². The second kappa shape index (κ2) is 9.75. The summed E-state index contributed by atoms with van der Waals surface area (Å²) in [4.78, 5) is 17.2. The largest absolute Gasteiger partial charge is 0.321 e. The molecule has 0 atom stereocenters. The Morgan fingerprint density at radius 2 is 1.87 bits per heavy atom. The summed E-state index contributed by atoms with van der Waals surface area (Å²) >= 11 is 1.45. The molecule has 2 aromatic carbocycles. The third-order valence-corrected chi connectivity index (χ3v) is 6.15. The van der Waals surface area contributed by atoms with E-state index < -0.39 is 10.0 Å². The van der Waals surface area contributed by atoms with Crippen molar-refractivity contribution in [3.63, 3.8) is 0 Å². The Morgan fingerprint density at radius 1 is 1.17 bits per heavy atom. The number of anilines is 1. The van der Waals surface area contributed by atoms with Crippen molar-refractivity contribution < 1.29 is 13.2 Å². The number of imidazole rings is 1. The van der Waals surface area contributed by atoms with Gasteiger partial charge in [0, 0.05) is 17.9 Å². The number of carbonyl (C=O) groups excluding carboxylic acids is 1. The number of sulfonamides is 1. The van der Waals surface area contributed by atoms with E-state index in [0.29, 0.717) is 22.1 Å². The van der Waals surface area contributed by atoms with Crippen LogP contribution < -0.4 is 10.0 Å². The van der Waals surface area contributed by atoms with E-state index in [9.17, 15) is 13.2 Å². The summed E-state index contributed by atoms with van der Waals surface area (Å²) in [6.45, 7) is 3.68. The van der Waals surface area contributed by atoms with Crippen LogP contribution >= 0.6 is 11.8 Å². The molecule has 0 aliphatic rings. The SMILES string of the molecule is C=CCNS(=O)(=O)Cc1ccc(NC(=O)c2cnc(SC)n2-c2ccccc2)cc1. The van der Waals surface area contributed by atoms with Crippen LogP contribution in [0.1, 0.15) is 16.1 Å². The average molecular weight is 443 g/mol. The summed E-state index contributed by atoms with van der Waals surface area (Å²) in [5.74, 6) is -0.452. The van der Waals surface area contributed by atoms with E-state index >= 15 is 0 Å². The Morgan fingerprint density at radius 3 is 2.50 bits per heavy atom. The second-order valence-corrected chi connectivity index (χ2v) is 8.93. The zero-order valence-electron chi connectivity index (χ0n) is 16.4. The van der Waals surface area contributed by atoms with Gasteiger partial charge in [0.05, 0.1) is 11.9 Å². The van der Waals surface area contributed by atoms with Crippen LogP contribution in [0, 0.1) is 0 Å². The van der Waals surface area contributed by atoms with Gasteiger partial charge in [-0.3, -0.25) is 9.36 Å². The minimum atomic E-state index is -3.43. The molecule has 0 bridgehead atoms. The molecule has 3 aromatic rings. The van der Waals surface area contributed by atoms with E-state index in [1.54, 1.807) is 35.0 Å². The van der Waals surface area contributed by atoms with Gasteiger partial charge in [-0.25, -0.2) is 18.1 Å². The summed E-state index contributed by atoms with van der Waals surface area (Å²) in [5.41, 5.74) is 2.43. The molecular weight excluding hydrogens is 420 g/mol. The van der Waals surface area contributed by atoms with Gasteiger partial charge in [0.1, 0.15) is 5.69 Å². The van der Waals surface area contributed by atoms with Gasteiger partial charge in [-0.05, 0) is 36.1 Å². The predicted molar refractivity (Wildman–Crippen MR) is 121 cm³/mol. The minimum absolute atomic E-state index is 0.146. The number of hydrogen-bond donors (Lipinski definition) is 2. The molecule has 0 unspecified atom stereocenters. The fourth-order valence-corrected chi connectivity index (χ4v) is 4.45. The highest BCUT2D eigenvalue weighted by atomic mass is 32.2. The number of nitrogens with zero attached hydrogens (tertiary/aromatic N) is 2. The van der Waals surface area contributed by atoms with Gasteiger partial charge >= 0.3 is 0 Å². The molecule has 1 aromatic heterocycles. The number of nitrogens with one attached hydrogen (secondary N) is 2. The van der Waals surface area contributed by atoms with E-state index in [1.807, 2.05) is 36.6 Å². The van der Waals surface area contributed by atoms with Crippen LogP contribution in [0.15, 0.2) is 78.6 Å². The van der Waals surface area contributed by atoms with Crippen LogP contribution in [0.4, 0.5) is 5.69 Å². The van der Waals surface area contributed by atoms with E-state index in [2.05, 4.69) is 21.6 Å². The number of thioether (sulfide) groups is 1. The lowest BCUT2D eigenvalue weighted by atomic mass is 10.2. The number of carbonyl (C=O) groups is 1.